The quantitative estimate of drug-likeness (QED) is 0.783. The molecule has 0 radical (unpaired) electrons. The molecule has 0 saturated carbocycles. The van der Waals surface area contributed by atoms with Crippen molar-refractivity contribution in [2.45, 2.75) is 6.92 Å². The predicted octanol–water partition coefficient (Wildman–Crippen LogP) is 2.14. The highest BCUT2D eigenvalue weighted by molar-refractivity contribution is 5.85. The molecule has 4 nitrogen and oxygen atoms in total. The Morgan fingerprint density at radius 2 is 2.35 bits per heavy atom. The number of benzene rings is 1. The third-order valence-corrected chi connectivity index (χ3v) is 2.14. The molecule has 1 aromatic rings. The zero-order chi connectivity index (χ0) is 12.8. The number of carbonyl (C=O) groups is 1. The third kappa shape index (κ3) is 3.61. The summed E-state index contributed by atoms with van der Waals surface area (Å²) >= 11 is 0. The summed E-state index contributed by atoms with van der Waals surface area (Å²) in [5, 5.41) is 19.9. The number of nitriles is 1. The van der Waals surface area contributed by atoms with Gasteiger partial charge >= 0.3 is 5.97 Å². The van der Waals surface area contributed by atoms with Crippen LogP contribution in [0.5, 0.6) is 0 Å². The van der Waals surface area contributed by atoms with Gasteiger partial charge in [0.05, 0.1) is 17.3 Å². The highest BCUT2D eigenvalue weighted by Gasteiger charge is 2.03. The molecule has 0 aliphatic rings. The maximum absolute atomic E-state index is 13.4. The topological polar surface area (TPSA) is 73.1 Å². The third-order valence-electron chi connectivity index (χ3n) is 2.14. The van der Waals surface area contributed by atoms with Gasteiger partial charge in [0.2, 0.25) is 0 Å². The fourth-order valence-electron chi connectivity index (χ4n) is 1.13. The fourth-order valence-corrected chi connectivity index (χ4v) is 1.13. The molecule has 0 amide bonds. The van der Waals surface area contributed by atoms with Crippen LogP contribution in [0.1, 0.15) is 12.5 Å². The molecular formula is C12H11FN2O2. The van der Waals surface area contributed by atoms with Crippen LogP contribution >= 0.6 is 0 Å². The van der Waals surface area contributed by atoms with Crippen LogP contribution in [0.15, 0.2) is 29.8 Å². The van der Waals surface area contributed by atoms with Gasteiger partial charge in [0, 0.05) is 12.1 Å². The summed E-state index contributed by atoms with van der Waals surface area (Å²) in [6.45, 7) is 1.67. The second-order valence-corrected chi connectivity index (χ2v) is 3.38. The number of nitrogens with zero attached hydrogens (tertiary/aromatic N) is 1. The smallest absolute Gasteiger partial charge is 0.331 e. The van der Waals surface area contributed by atoms with E-state index in [-0.39, 0.29) is 23.4 Å². The minimum Gasteiger partial charge on any atom is -0.478 e. The van der Waals surface area contributed by atoms with E-state index in [0.29, 0.717) is 0 Å². The van der Waals surface area contributed by atoms with E-state index < -0.39 is 11.8 Å². The second-order valence-electron chi connectivity index (χ2n) is 3.38. The lowest BCUT2D eigenvalue weighted by atomic mass is 10.2. The molecule has 0 aliphatic heterocycles. The van der Waals surface area contributed by atoms with E-state index in [9.17, 15) is 9.18 Å². The van der Waals surface area contributed by atoms with Gasteiger partial charge < -0.3 is 10.4 Å². The number of rotatable bonds is 4. The maximum atomic E-state index is 13.4. The molecule has 0 aromatic heterocycles. The molecule has 0 unspecified atom stereocenters. The summed E-state index contributed by atoms with van der Waals surface area (Å²) in [6, 6.07) is 5.88. The first-order valence-corrected chi connectivity index (χ1v) is 4.88. The van der Waals surface area contributed by atoms with Gasteiger partial charge in [-0.3, -0.25) is 0 Å². The first-order chi connectivity index (χ1) is 8.04. The Hall–Kier alpha value is -2.35. The number of anilines is 1. The van der Waals surface area contributed by atoms with Crippen molar-refractivity contribution < 1.29 is 14.3 Å². The van der Waals surface area contributed by atoms with E-state index in [0.717, 1.165) is 6.07 Å². The van der Waals surface area contributed by atoms with Gasteiger partial charge in [0.1, 0.15) is 5.82 Å². The van der Waals surface area contributed by atoms with Crippen LogP contribution in [0, 0.1) is 17.1 Å². The molecule has 1 rings (SSSR count). The Labute approximate surface area is 98.0 Å². The zero-order valence-corrected chi connectivity index (χ0v) is 9.20. The molecule has 2 N–H and O–H groups in total. The summed E-state index contributed by atoms with van der Waals surface area (Å²) in [6.07, 6.45) is 1.44. The molecule has 0 heterocycles. The highest BCUT2D eigenvalue weighted by Crippen LogP contribution is 2.15. The van der Waals surface area contributed by atoms with E-state index in [4.69, 9.17) is 10.4 Å². The second kappa shape index (κ2) is 5.66. The Morgan fingerprint density at radius 1 is 1.65 bits per heavy atom. The lowest BCUT2D eigenvalue weighted by molar-refractivity contribution is -0.132. The number of hydrogen-bond donors (Lipinski definition) is 2. The Balaban J connectivity index is 2.68. The molecule has 0 saturated heterocycles. The van der Waals surface area contributed by atoms with Gasteiger partial charge in [0.15, 0.2) is 0 Å². The predicted molar refractivity (Wildman–Crippen MR) is 61.0 cm³/mol. The van der Waals surface area contributed by atoms with E-state index in [1.54, 1.807) is 0 Å². The summed E-state index contributed by atoms with van der Waals surface area (Å²) in [7, 11) is 0. The number of carboxylic acid groups (broad SMARTS) is 1. The molecule has 88 valence electrons. The van der Waals surface area contributed by atoms with Crippen LogP contribution in [0.3, 0.4) is 0 Å². The molecule has 0 spiro atoms. The van der Waals surface area contributed by atoms with Gasteiger partial charge in [-0.2, -0.15) is 5.26 Å². The van der Waals surface area contributed by atoms with Gasteiger partial charge in [-0.15, -0.1) is 0 Å². The molecule has 0 bridgehead atoms. The summed E-state index contributed by atoms with van der Waals surface area (Å²) < 4.78 is 13.4. The number of nitrogens with one attached hydrogen (secondary N) is 1. The monoisotopic (exact) mass is 234 g/mol. The zero-order valence-electron chi connectivity index (χ0n) is 9.20. The lowest BCUT2D eigenvalue weighted by Crippen LogP contribution is -2.04. The van der Waals surface area contributed by atoms with E-state index in [1.807, 2.05) is 6.07 Å². The van der Waals surface area contributed by atoms with Gasteiger partial charge in [-0.1, -0.05) is 6.08 Å². The van der Waals surface area contributed by atoms with Crippen molar-refractivity contribution in [3.05, 3.63) is 41.2 Å². The van der Waals surface area contributed by atoms with Gasteiger partial charge in [-0.25, -0.2) is 9.18 Å². The molecule has 1 aromatic carbocycles. The average molecular weight is 234 g/mol. The van der Waals surface area contributed by atoms with E-state index >= 15 is 0 Å². The highest BCUT2D eigenvalue weighted by atomic mass is 19.1. The number of halogens is 1. The van der Waals surface area contributed by atoms with Crippen LogP contribution < -0.4 is 5.32 Å². The molecule has 17 heavy (non-hydrogen) atoms. The van der Waals surface area contributed by atoms with E-state index in [1.165, 1.54) is 25.1 Å². The minimum atomic E-state index is -1.01. The summed E-state index contributed by atoms with van der Waals surface area (Å²) in [5.41, 5.74) is 0.662. The molecule has 0 atom stereocenters. The first kappa shape index (κ1) is 12.7. The van der Waals surface area contributed by atoms with Crippen LogP contribution in [-0.4, -0.2) is 17.6 Å². The van der Waals surface area contributed by atoms with Crippen molar-refractivity contribution in [2.75, 3.05) is 11.9 Å². The molecule has 5 heteroatoms. The Bertz CT molecular complexity index is 504. The van der Waals surface area contributed by atoms with Gasteiger partial charge in [0.25, 0.3) is 0 Å². The summed E-state index contributed by atoms with van der Waals surface area (Å²) in [5.74, 6) is -1.54. The number of hydrogen-bond acceptors (Lipinski definition) is 3. The van der Waals surface area contributed by atoms with Crippen molar-refractivity contribution in [1.82, 2.24) is 0 Å². The summed E-state index contributed by atoms with van der Waals surface area (Å²) in [4.78, 5) is 10.5. The molecule has 0 fully saturated rings. The fraction of sp³-hybridized carbons (Fsp3) is 0.167. The van der Waals surface area contributed by atoms with Gasteiger partial charge in [-0.05, 0) is 25.1 Å². The van der Waals surface area contributed by atoms with Crippen LogP contribution in [0.4, 0.5) is 10.1 Å². The first-order valence-electron chi connectivity index (χ1n) is 4.88. The molecule has 0 aliphatic carbocycles. The number of carboxylic acids is 1. The van der Waals surface area contributed by atoms with E-state index in [2.05, 4.69) is 5.32 Å². The largest absolute Gasteiger partial charge is 0.478 e. The van der Waals surface area contributed by atoms with Crippen molar-refractivity contribution in [3.63, 3.8) is 0 Å². The maximum Gasteiger partial charge on any atom is 0.331 e. The van der Waals surface area contributed by atoms with Crippen molar-refractivity contribution in [2.24, 2.45) is 0 Å². The number of aliphatic carboxylic acids is 1. The lowest BCUT2D eigenvalue weighted by Gasteiger charge is -2.05. The van der Waals surface area contributed by atoms with Crippen molar-refractivity contribution in [3.8, 4) is 6.07 Å². The van der Waals surface area contributed by atoms with Crippen molar-refractivity contribution >= 4 is 11.7 Å². The SMILES string of the molecule is C/C(=C/CNc1ccc(C#N)cc1F)C(=O)O. The Kier molecular flexibility index (Phi) is 4.23. The van der Waals surface area contributed by atoms with Crippen LogP contribution in [0.25, 0.3) is 0 Å². The standard InChI is InChI=1S/C12H11FN2O2/c1-8(12(16)17)4-5-15-11-3-2-9(7-14)6-10(11)13/h2-4,6,15H,5H2,1H3,(H,16,17)/b8-4-. The normalized spacial score (nSPS) is 10.8. The average Bonchev–Trinajstić information content (AvgIpc) is 2.30. The molecular weight excluding hydrogens is 223 g/mol. The van der Waals surface area contributed by atoms with Crippen LogP contribution in [0.2, 0.25) is 0 Å². The van der Waals surface area contributed by atoms with Crippen LogP contribution in [-0.2, 0) is 4.79 Å². The van der Waals surface area contributed by atoms with Crippen molar-refractivity contribution in [1.29, 1.82) is 5.26 Å². The minimum absolute atomic E-state index is 0.187. The Morgan fingerprint density at radius 3 is 2.88 bits per heavy atom.